The highest BCUT2D eigenvalue weighted by atomic mass is 16.2. The van der Waals surface area contributed by atoms with Crippen LogP contribution in [0, 0.1) is 0 Å². The molecule has 0 fully saturated rings. The first kappa shape index (κ1) is 32.3. The minimum absolute atomic E-state index is 0.00164. The lowest BCUT2D eigenvalue weighted by molar-refractivity contribution is 0.709. The predicted molar refractivity (Wildman–Crippen MR) is 279 cm³/mol. The van der Waals surface area contributed by atoms with Crippen LogP contribution in [0.25, 0.3) is 67.0 Å². The van der Waals surface area contributed by atoms with Gasteiger partial charge in [0.1, 0.15) is 22.1 Å². The van der Waals surface area contributed by atoms with Crippen molar-refractivity contribution in [3.63, 3.8) is 0 Å². The lowest BCUT2D eigenvalue weighted by Crippen LogP contribution is -2.36. The van der Waals surface area contributed by atoms with Crippen LogP contribution < -0.4 is 67.5 Å². The highest BCUT2D eigenvalue weighted by Gasteiger charge is 2.14. The smallest absolute Gasteiger partial charge is 0.332 e. The Labute approximate surface area is 459 Å². The van der Waals surface area contributed by atoms with Gasteiger partial charge in [-0.15, -0.1) is 0 Å². The van der Waals surface area contributed by atoms with E-state index in [0.29, 0.717) is 9.13 Å². The van der Waals surface area contributed by atoms with Gasteiger partial charge in [0.2, 0.25) is 0 Å². The summed E-state index contributed by atoms with van der Waals surface area (Å²) in [5.41, 5.74) is -12.2. The van der Waals surface area contributed by atoms with Crippen molar-refractivity contribution >= 4 is 67.0 Å². The van der Waals surface area contributed by atoms with E-state index in [-0.39, 0.29) is 78.7 Å². The van der Waals surface area contributed by atoms with Gasteiger partial charge < -0.3 is 29.1 Å². The SMILES string of the molecule is [2H]C([2H])([2H])n1c(=O)[nH]c2ncn(C([2H])([2H])[2H])c2c1=O.[2H]C([2H])([2H])n1c(=O)[nH]c2ncn(C)c2c1=O.[2H]C([2H])([2H])n1c(=O)c2[nH]cnc2n(C([2H])([2H])[2H])c1=O.[2H]C([2H])([2H])n1c(=O)c2[nH]cnc2n(C)c1=O.[2H]C([2H])([2H])n1c(=O)n(C)c(=O)c2[nH]cnc21.[2H]n1cnc2c1c(=O)n(C)c(=O)n2C. The van der Waals surface area contributed by atoms with E-state index in [4.69, 9.17) is 30.2 Å². The third-order valence-corrected chi connectivity index (χ3v) is 10.6. The molecule has 0 amide bonds. The van der Waals surface area contributed by atoms with Crippen molar-refractivity contribution in [2.24, 2.45) is 84.1 Å². The van der Waals surface area contributed by atoms with Crippen LogP contribution >= 0.6 is 0 Å². The third-order valence-electron chi connectivity index (χ3n) is 10.6. The fraction of sp³-hybridized carbons (Fsp3) is 0.286. The summed E-state index contributed by atoms with van der Waals surface area (Å²) in [5.74, 6) is 0. The number of aromatic nitrogens is 24. The zero-order valence-corrected chi connectivity index (χ0v) is 39.9. The molecule has 6 N–H and O–H groups in total. The maximum atomic E-state index is 12.0. The Bertz CT molecular complexity index is 5980. The van der Waals surface area contributed by atoms with Gasteiger partial charge in [-0.25, -0.2) is 58.7 Å². The standard InChI is InChI=1S/6C7H8N4O2/c2*1-10-3-8-5-4(10)6(12)11(2)7(13)9-5;4*1-10-5-4(8-3-9-5)6(12)11(2)7(10)13/h2*3H,1-2H3,(H,9,13);4*3H,1-2H3,(H,8,9)/i1D3,2D3;2D3;1D3,2D3;2D3;1D3;/hD. The molecule has 0 aliphatic heterocycles. The summed E-state index contributed by atoms with van der Waals surface area (Å²) in [7, 11) is 6.99. The van der Waals surface area contributed by atoms with Gasteiger partial charge in [-0.05, 0) is 0 Å². The Kier molecular flexibility index (Phi) is 8.70. The van der Waals surface area contributed by atoms with E-state index >= 15 is 0 Å². The molecular weight excluding hydrogens is 1030 g/mol. The first-order chi connectivity index (χ1) is 45.6. The summed E-state index contributed by atoms with van der Waals surface area (Å²) in [6.07, 6.45) is 6.77. The maximum Gasteiger partial charge on any atom is 0.332 e. The Hall–Kier alpha value is -11.1. The molecule has 0 bridgehead atoms. The summed E-state index contributed by atoms with van der Waals surface area (Å²) >= 11 is 0. The van der Waals surface area contributed by atoms with E-state index in [1.54, 1.807) is 7.05 Å². The summed E-state index contributed by atoms with van der Waals surface area (Å²) in [5, 5.41) is 0. The average Bonchev–Trinajstić information content (AvgIpc) is 1.32. The van der Waals surface area contributed by atoms with Crippen LogP contribution in [-0.2, 0) is 84.1 Å². The van der Waals surface area contributed by atoms with Crippen LogP contribution in [0.3, 0.4) is 0 Å². The molecule has 12 aromatic rings. The fourth-order valence-electron chi connectivity index (χ4n) is 6.60. The monoisotopic (exact) mass is 1100 g/mol. The van der Waals surface area contributed by atoms with E-state index in [2.05, 4.69) is 54.8 Å². The van der Waals surface area contributed by atoms with Gasteiger partial charge in [0.15, 0.2) is 46.3 Å². The van der Waals surface area contributed by atoms with Crippen molar-refractivity contribution in [2.75, 3.05) is 0 Å². The van der Waals surface area contributed by atoms with Crippen LogP contribution in [0.4, 0.5) is 0 Å². The van der Waals surface area contributed by atoms with Gasteiger partial charge in [0.25, 0.3) is 33.4 Å². The van der Waals surface area contributed by atoms with Crippen molar-refractivity contribution in [1.82, 2.24) is 115 Å². The van der Waals surface area contributed by atoms with E-state index in [9.17, 15) is 57.5 Å². The van der Waals surface area contributed by atoms with Crippen molar-refractivity contribution in [3.05, 3.63) is 163 Å². The van der Waals surface area contributed by atoms with E-state index < -0.39 is 127 Å². The number of rotatable bonds is 0. The van der Waals surface area contributed by atoms with Gasteiger partial charge in [0.05, 0.1) is 38.0 Å². The van der Waals surface area contributed by atoms with Gasteiger partial charge in [0, 0.05) is 113 Å². The lowest BCUT2D eigenvalue weighted by Gasteiger charge is -2.00. The number of nitrogens with one attached hydrogen (secondary N) is 6. The van der Waals surface area contributed by atoms with Crippen LogP contribution in [0.1, 0.15) is 28.8 Å². The second kappa shape index (κ2) is 21.0. The molecule has 0 spiro atoms. The molecule has 0 radical (unpaired) electrons. The second-order valence-corrected chi connectivity index (χ2v) is 15.3. The van der Waals surface area contributed by atoms with Gasteiger partial charge in [-0.2, -0.15) is 0 Å². The van der Waals surface area contributed by atoms with Crippen LogP contribution in [0.5, 0.6) is 0 Å². The number of hydrogen-bond acceptors (Lipinski definition) is 18. The fourth-order valence-corrected chi connectivity index (χ4v) is 6.60. The first-order valence-electron chi connectivity index (χ1n) is 31.6. The van der Waals surface area contributed by atoms with E-state index in [0.717, 1.165) is 31.3 Å². The zero-order valence-electron chi connectivity index (χ0n) is 61.9. The van der Waals surface area contributed by atoms with E-state index in [1.165, 1.54) is 62.6 Å². The quantitative estimate of drug-likeness (QED) is 0.0823. The first-order valence-corrected chi connectivity index (χ1v) is 20.7. The highest BCUT2D eigenvalue weighted by Crippen LogP contribution is 2.02. The number of imidazole rings is 6. The normalized spacial score (nSPS) is 16.2. The number of aryl methyl sites for hydroxylation is 6. The molecule has 78 heavy (non-hydrogen) atoms. The molecule has 0 aliphatic carbocycles. The molecule has 12 heterocycles. The Balaban J connectivity index is 0.000000169. The highest BCUT2D eigenvalue weighted by molar-refractivity contribution is 5.71. The molecule has 408 valence electrons. The van der Waals surface area contributed by atoms with Crippen LogP contribution in [0.2, 0.25) is 1.41 Å². The molecule has 0 aromatic carbocycles. The summed E-state index contributed by atoms with van der Waals surface area (Å²) in [6, 6.07) is 0. The van der Waals surface area contributed by atoms with E-state index in [1.807, 2.05) is 0 Å². The number of H-pyrrole nitrogens is 6. The van der Waals surface area contributed by atoms with Gasteiger partial charge in [-0.1, -0.05) is 0 Å². The van der Waals surface area contributed by atoms with Crippen molar-refractivity contribution < 1.29 is 30.2 Å². The number of nitrogens with zero attached hydrogens (tertiary/aromatic N) is 18. The molecule has 0 atom stereocenters. The summed E-state index contributed by atoms with van der Waals surface area (Å²) < 4.78 is 165. The van der Waals surface area contributed by atoms with Crippen molar-refractivity contribution in [2.45, 2.75) is 0 Å². The lowest BCUT2D eigenvalue weighted by atomic mass is 10.5. The average molecular weight is 1100 g/mol. The molecule has 36 heteroatoms. The topological polar surface area (TPSA) is 436 Å². The minimum atomic E-state index is -3.08. The summed E-state index contributed by atoms with van der Waals surface area (Å²) in [6.45, 7) is -20.0. The summed E-state index contributed by atoms with van der Waals surface area (Å²) in [4.78, 5) is 175. The number of aromatic amines is 6. The number of hydrogen-bond donors (Lipinski definition) is 6. The number of fused-ring (bicyclic) bond motifs is 6. The minimum Gasteiger partial charge on any atom is -0.339 e. The molecular formula is C42H48N24O12. The van der Waals surface area contributed by atoms with Crippen molar-refractivity contribution in [3.8, 4) is 0 Å². The predicted octanol–water partition coefficient (Wildman–Crippen LogP) is -6.24. The molecule has 0 saturated carbocycles. The third kappa shape index (κ3) is 9.51. The van der Waals surface area contributed by atoms with Gasteiger partial charge >= 0.3 is 34.1 Å². The maximum absolute atomic E-state index is 12.0. The molecule has 0 saturated heterocycles. The van der Waals surface area contributed by atoms with Gasteiger partial charge in [-0.3, -0.25) is 84.4 Å². The molecule has 36 nitrogen and oxygen atoms in total. The molecule has 0 aliphatic rings. The molecule has 12 aromatic heterocycles. The Morgan fingerprint density at radius 2 is 0.692 bits per heavy atom. The van der Waals surface area contributed by atoms with Crippen LogP contribution in [-0.4, -0.2) is 115 Å². The second-order valence-electron chi connectivity index (χ2n) is 15.3. The van der Waals surface area contributed by atoms with Crippen LogP contribution in [0.15, 0.2) is 95.5 Å². The molecule has 0 unspecified atom stereocenters. The van der Waals surface area contributed by atoms with Crippen molar-refractivity contribution in [1.29, 1.82) is 0 Å². The zero-order chi connectivity index (χ0) is 75.9. The Morgan fingerprint density at radius 3 is 1.13 bits per heavy atom. The largest absolute Gasteiger partial charge is 0.339 e. The Morgan fingerprint density at radius 1 is 0.359 bits per heavy atom. The molecule has 12 rings (SSSR count).